The van der Waals surface area contributed by atoms with Gasteiger partial charge in [-0.3, -0.25) is 4.79 Å². The molecule has 294 valence electrons. The Morgan fingerprint density at radius 3 is 1.38 bits per heavy atom. The number of nitrogens with one attached hydrogen (secondary N) is 1. The maximum atomic E-state index is 12.4. The van der Waals surface area contributed by atoms with Crippen LogP contribution in [0.2, 0.25) is 0 Å². The summed E-state index contributed by atoms with van der Waals surface area (Å²) in [4.78, 5) is 12.4. The first-order chi connectivity index (χ1) is 26.7. The summed E-state index contributed by atoms with van der Waals surface area (Å²) >= 11 is 0. The molecule has 0 aliphatic rings. The normalized spacial score (nSPS) is 10.3. The van der Waals surface area contributed by atoms with Gasteiger partial charge >= 0.3 is 0 Å². The Hall–Kier alpha value is -4.69. The highest BCUT2D eigenvalue weighted by Gasteiger charge is 2.32. The first kappa shape index (κ1) is 50.3. The molecule has 0 bridgehead atoms. The standard InChI is InChI=1S/C48H64N3O4/c1-5-7-9-11-13-15-17-19-21-23-25-27-29-31-33-35-40-51(41-43-52,42-44-53)46-47(54)45-50(3,4)39-36-38-49-48(55)37-34-32-30-28-26-24-22-20-18-16-14-12-10-8-6-2/h1,47,52-54H,6,8,10,12,14,16,18,20,22,24,26,28,30,32,34,36-39,41-46H2,2-4H3/q+1/p+1. The summed E-state index contributed by atoms with van der Waals surface area (Å²) in [5, 5.41) is 33.7. The predicted octanol–water partition coefficient (Wildman–Crippen LogP) is 4.61. The number of hydrogen-bond donors (Lipinski definition) is 4. The van der Waals surface area contributed by atoms with E-state index in [4.69, 9.17) is 6.42 Å². The van der Waals surface area contributed by atoms with Crippen LogP contribution in [-0.2, 0) is 4.79 Å². The van der Waals surface area contributed by atoms with Gasteiger partial charge in [-0.05, 0) is 53.8 Å². The largest absolute Gasteiger partial charge is 0.390 e. The molecule has 0 heterocycles. The lowest BCUT2D eigenvalue weighted by atomic mass is 10.0. The lowest BCUT2D eigenvalue weighted by Crippen LogP contribution is -2.56. The molecule has 7 heteroatoms. The van der Waals surface area contributed by atoms with Crippen molar-refractivity contribution in [2.45, 2.75) is 122 Å². The number of amides is 1. The summed E-state index contributed by atoms with van der Waals surface area (Å²) in [7, 11) is 4.08. The average molecular weight is 748 g/mol. The van der Waals surface area contributed by atoms with E-state index < -0.39 is 6.10 Å². The zero-order valence-corrected chi connectivity index (χ0v) is 34.0. The van der Waals surface area contributed by atoms with Crippen LogP contribution in [0.5, 0.6) is 0 Å². The molecule has 0 rings (SSSR count). The second-order valence-corrected chi connectivity index (χ2v) is 14.3. The second kappa shape index (κ2) is 36.3. The third-order valence-electron chi connectivity index (χ3n) is 8.83. The van der Waals surface area contributed by atoms with Gasteiger partial charge in [0.25, 0.3) is 0 Å². The van der Waals surface area contributed by atoms with Gasteiger partial charge in [0.2, 0.25) is 5.91 Å². The Labute approximate surface area is 335 Å². The molecule has 0 radical (unpaired) electrons. The van der Waals surface area contributed by atoms with E-state index in [1.165, 1.54) is 83.5 Å². The number of likely N-dealkylation sites (N-methyl/N-ethyl adjacent to an activating group) is 1. The van der Waals surface area contributed by atoms with Gasteiger partial charge in [0.1, 0.15) is 26.2 Å². The van der Waals surface area contributed by atoms with Crippen molar-refractivity contribution in [1.82, 2.24) is 5.32 Å². The summed E-state index contributed by atoms with van der Waals surface area (Å²) in [5.41, 5.74) is 0. The SMILES string of the molecule is C#CC#CC#CC#CC#CC#CC#CC#CC#C[N+](CCO)(CCO)CC(O)C[N+](C)(C)CCCNC(=O)CCCCCCCCCCCCCCCCC. The van der Waals surface area contributed by atoms with Crippen molar-refractivity contribution >= 4 is 5.91 Å². The van der Waals surface area contributed by atoms with Crippen LogP contribution < -0.4 is 5.32 Å². The van der Waals surface area contributed by atoms with Crippen LogP contribution in [-0.4, -0.2) is 103 Å². The minimum atomic E-state index is -0.745. The molecular formula is C48H65N3O4+2. The van der Waals surface area contributed by atoms with Crippen LogP contribution >= 0.6 is 0 Å². The fourth-order valence-corrected chi connectivity index (χ4v) is 6.03. The Balaban J connectivity index is 4.54. The minimum Gasteiger partial charge on any atom is -0.390 e. The molecule has 1 amide bonds. The molecule has 55 heavy (non-hydrogen) atoms. The Kier molecular flexibility index (Phi) is 33.2. The minimum absolute atomic E-state index is 0.0110. The molecule has 0 saturated heterocycles. The van der Waals surface area contributed by atoms with Gasteiger partial charge < -0.3 is 25.1 Å². The summed E-state index contributed by atoms with van der Waals surface area (Å²) in [6, 6.07) is 3.02. The third-order valence-corrected chi connectivity index (χ3v) is 8.83. The number of nitrogens with zero attached hydrogens (tertiary/aromatic N) is 2. The molecular weight excluding hydrogens is 683 g/mol. The van der Waals surface area contributed by atoms with E-state index in [0.29, 0.717) is 24.0 Å². The number of carbonyl (C=O) groups excluding carboxylic acids is 1. The quantitative estimate of drug-likeness (QED) is 0.0536. The highest BCUT2D eigenvalue weighted by Crippen LogP contribution is 2.14. The topological polar surface area (TPSA) is 89.8 Å². The second-order valence-electron chi connectivity index (χ2n) is 14.3. The van der Waals surface area contributed by atoms with Crippen molar-refractivity contribution in [2.24, 2.45) is 0 Å². The van der Waals surface area contributed by atoms with Crippen molar-refractivity contribution in [3.8, 4) is 107 Å². The van der Waals surface area contributed by atoms with Gasteiger partial charge in [0.05, 0.1) is 39.8 Å². The van der Waals surface area contributed by atoms with Gasteiger partial charge in [-0.1, -0.05) is 96.8 Å². The van der Waals surface area contributed by atoms with Crippen molar-refractivity contribution < 1.29 is 29.1 Å². The Morgan fingerprint density at radius 1 is 0.564 bits per heavy atom. The molecule has 0 aliphatic carbocycles. The molecule has 0 aromatic heterocycles. The van der Waals surface area contributed by atoms with Gasteiger partial charge in [0.15, 0.2) is 12.1 Å². The van der Waals surface area contributed by atoms with Crippen molar-refractivity contribution in [3.05, 3.63) is 0 Å². The number of aliphatic hydroxyl groups excluding tert-OH is 3. The van der Waals surface area contributed by atoms with Gasteiger partial charge in [-0.15, -0.1) is 6.42 Å². The predicted molar refractivity (Wildman–Crippen MR) is 225 cm³/mol. The van der Waals surface area contributed by atoms with Gasteiger partial charge in [-0.25, -0.2) is 4.48 Å². The zero-order chi connectivity index (χ0) is 40.6. The summed E-state index contributed by atoms with van der Waals surface area (Å²) in [5.74, 6) is 40.2. The van der Waals surface area contributed by atoms with Crippen LogP contribution in [0.15, 0.2) is 0 Å². The van der Waals surface area contributed by atoms with Crippen LogP contribution in [0.1, 0.15) is 116 Å². The highest BCUT2D eigenvalue weighted by molar-refractivity contribution is 5.75. The maximum absolute atomic E-state index is 12.4. The Bertz CT molecular complexity index is 1640. The number of quaternary nitrogens is 2. The smallest absolute Gasteiger partial charge is 0.219 e. The average Bonchev–Trinajstić information content (AvgIpc) is 3.14. The fraction of sp³-hybridized carbons (Fsp3) is 0.604. The lowest BCUT2D eigenvalue weighted by Gasteiger charge is -2.36. The first-order valence-corrected chi connectivity index (χ1v) is 20.1. The van der Waals surface area contributed by atoms with E-state index in [2.05, 4.69) is 113 Å². The molecule has 0 aromatic carbocycles. The van der Waals surface area contributed by atoms with Crippen molar-refractivity contribution in [1.29, 1.82) is 0 Å². The van der Waals surface area contributed by atoms with Crippen molar-refractivity contribution in [2.75, 3.05) is 66.6 Å². The highest BCUT2D eigenvalue weighted by atomic mass is 16.3. The van der Waals surface area contributed by atoms with Gasteiger partial charge in [-0.2, -0.15) is 0 Å². The summed E-state index contributed by atoms with van der Waals surface area (Å²) < 4.78 is 0.536. The van der Waals surface area contributed by atoms with E-state index in [1.54, 1.807) is 0 Å². The molecule has 0 aliphatic heterocycles. The number of terminal acetylenes is 1. The number of unbranched alkanes of at least 4 members (excludes halogenated alkanes) is 14. The number of aliphatic hydroxyl groups is 3. The maximum Gasteiger partial charge on any atom is 0.219 e. The molecule has 0 spiro atoms. The summed E-state index contributed by atoms with van der Waals surface area (Å²) in [6.07, 6.45) is 25.2. The van der Waals surface area contributed by atoms with Crippen LogP contribution in [0.25, 0.3) is 0 Å². The fourth-order valence-electron chi connectivity index (χ4n) is 6.03. The molecule has 0 saturated carbocycles. The monoisotopic (exact) mass is 747 g/mol. The number of hydrogen-bond acceptors (Lipinski definition) is 4. The van der Waals surface area contributed by atoms with E-state index in [0.717, 1.165) is 25.8 Å². The van der Waals surface area contributed by atoms with E-state index in [9.17, 15) is 20.1 Å². The molecule has 1 atom stereocenters. The first-order valence-electron chi connectivity index (χ1n) is 20.1. The van der Waals surface area contributed by atoms with E-state index >= 15 is 0 Å². The number of rotatable bonds is 28. The van der Waals surface area contributed by atoms with Crippen LogP contribution in [0, 0.1) is 107 Å². The molecule has 7 nitrogen and oxygen atoms in total. The Morgan fingerprint density at radius 2 is 0.964 bits per heavy atom. The van der Waals surface area contributed by atoms with E-state index in [1.807, 2.05) is 14.1 Å². The van der Waals surface area contributed by atoms with Crippen LogP contribution in [0.3, 0.4) is 0 Å². The van der Waals surface area contributed by atoms with E-state index in [-0.39, 0.29) is 43.2 Å². The zero-order valence-electron chi connectivity index (χ0n) is 34.0. The molecule has 4 N–H and O–H groups in total. The van der Waals surface area contributed by atoms with Gasteiger partial charge in [0, 0.05) is 60.8 Å². The molecule has 0 fully saturated rings. The third kappa shape index (κ3) is 33.6. The van der Waals surface area contributed by atoms with Crippen LogP contribution in [0.4, 0.5) is 0 Å². The number of carbonyl (C=O) groups is 1. The molecule has 0 aromatic rings. The molecule has 1 unspecified atom stereocenters. The lowest BCUT2D eigenvalue weighted by molar-refractivity contribution is -0.905. The van der Waals surface area contributed by atoms with Crippen molar-refractivity contribution in [3.63, 3.8) is 0 Å². The summed E-state index contributed by atoms with van der Waals surface area (Å²) in [6.45, 7) is 4.43.